The van der Waals surface area contributed by atoms with Gasteiger partial charge >= 0.3 is 0 Å². The van der Waals surface area contributed by atoms with Crippen molar-refractivity contribution in [2.45, 2.75) is 13.3 Å². The van der Waals surface area contributed by atoms with Gasteiger partial charge in [0.15, 0.2) is 0 Å². The van der Waals surface area contributed by atoms with Crippen molar-refractivity contribution in [3.8, 4) is 18.1 Å². The monoisotopic (exact) mass is 521 g/mol. The van der Waals surface area contributed by atoms with Crippen molar-refractivity contribution in [1.29, 1.82) is 0 Å². The van der Waals surface area contributed by atoms with Gasteiger partial charge < -0.3 is 4.74 Å². The lowest BCUT2D eigenvalue weighted by Gasteiger charge is -2.11. The van der Waals surface area contributed by atoms with Gasteiger partial charge in [-0.1, -0.05) is 40.4 Å². The molecule has 0 saturated heterocycles. The number of hydrogen-bond acceptors (Lipinski definition) is 4. The van der Waals surface area contributed by atoms with Gasteiger partial charge in [-0.05, 0) is 46.3 Å². The van der Waals surface area contributed by atoms with Crippen LogP contribution in [0.25, 0.3) is 10.9 Å². The zero-order valence-electron chi connectivity index (χ0n) is 14.7. The number of fused-ring (bicyclic) bond motifs is 1. The molecular formula is C20H14Br2ClN3O2. The highest BCUT2D eigenvalue weighted by molar-refractivity contribution is 9.10. The fourth-order valence-electron chi connectivity index (χ4n) is 2.60. The van der Waals surface area contributed by atoms with E-state index in [0.29, 0.717) is 44.0 Å². The number of hydrogen-bond donors (Lipinski definition) is 0. The van der Waals surface area contributed by atoms with Crippen LogP contribution in [0.15, 0.2) is 49.2 Å². The van der Waals surface area contributed by atoms with Crippen molar-refractivity contribution < 1.29 is 4.74 Å². The van der Waals surface area contributed by atoms with Crippen molar-refractivity contribution >= 4 is 60.6 Å². The summed E-state index contributed by atoms with van der Waals surface area (Å²) < 4.78 is 8.31. The van der Waals surface area contributed by atoms with Gasteiger partial charge in [-0.2, -0.15) is 9.78 Å². The van der Waals surface area contributed by atoms with Gasteiger partial charge in [0.25, 0.3) is 5.56 Å². The first-order valence-electron chi connectivity index (χ1n) is 8.25. The van der Waals surface area contributed by atoms with E-state index in [-0.39, 0.29) is 12.2 Å². The summed E-state index contributed by atoms with van der Waals surface area (Å²) in [6.45, 7) is 2.00. The maximum Gasteiger partial charge on any atom is 0.282 e. The number of halogens is 3. The normalized spacial score (nSPS) is 11.1. The van der Waals surface area contributed by atoms with E-state index in [9.17, 15) is 4.79 Å². The van der Waals surface area contributed by atoms with E-state index in [2.05, 4.69) is 47.9 Å². The Morgan fingerprint density at radius 2 is 2.14 bits per heavy atom. The van der Waals surface area contributed by atoms with Crippen LogP contribution in [0, 0.1) is 12.3 Å². The Kier molecular flexibility index (Phi) is 6.55. The minimum atomic E-state index is -0.258. The second-order valence-corrected chi connectivity index (χ2v) is 7.91. The van der Waals surface area contributed by atoms with Crippen molar-refractivity contribution in [3.63, 3.8) is 0 Å². The van der Waals surface area contributed by atoms with Crippen molar-refractivity contribution in [2.24, 2.45) is 5.10 Å². The first-order valence-corrected chi connectivity index (χ1v) is 10.2. The van der Waals surface area contributed by atoms with E-state index in [1.807, 2.05) is 13.0 Å². The summed E-state index contributed by atoms with van der Waals surface area (Å²) in [5.41, 5.74) is 0.949. The van der Waals surface area contributed by atoms with Crippen molar-refractivity contribution in [1.82, 2.24) is 9.66 Å². The number of aromatic nitrogens is 2. The fourth-order valence-corrected chi connectivity index (χ4v) is 3.91. The Morgan fingerprint density at radius 1 is 1.36 bits per heavy atom. The van der Waals surface area contributed by atoms with Gasteiger partial charge in [0, 0.05) is 21.5 Å². The number of ether oxygens (including phenoxy) is 1. The maximum absolute atomic E-state index is 13.0. The average Bonchev–Trinajstić information content (AvgIpc) is 2.66. The largest absolute Gasteiger partial charge is 0.479 e. The van der Waals surface area contributed by atoms with E-state index in [4.69, 9.17) is 22.8 Å². The van der Waals surface area contributed by atoms with E-state index in [1.54, 1.807) is 24.3 Å². The Bertz CT molecular complexity index is 1180. The van der Waals surface area contributed by atoms with Gasteiger partial charge in [0.05, 0.1) is 21.6 Å². The molecule has 0 bridgehead atoms. The molecule has 0 amide bonds. The molecule has 1 aromatic heterocycles. The average molecular weight is 524 g/mol. The highest BCUT2D eigenvalue weighted by Gasteiger charge is 2.12. The van der Waals surface area contributed by atoms with Gasteiger partial charge in [-0.3, -0.25) is 4.79 Å². The predicted octanol–water partition coefficient (Wildman–Crippen LogP) is 5.03. The van der Waals surface area contributed by atoms with Crippen LogP contribution < -0.4 is 10.3 Å². The Hall–Kier alpha value is -2.14. The number of terminal acetylenes is 1. The van der Waals surface area contributed by atoms with Crippen LogP contribution in [-0.4, -0.2) is 22.5 Å². The van der Waals surface area contributed by atoms with Gasteiger partial charge in [0.2, 0.25) is 0 Å². The molecule has 0 unspecified atom stereocenters. The number of rotatable bonds is 5. The lowest BCUT2D eigenvalue weighted by atomic mass is 10.2. The minimum Gasteiger partial charge on any atom is -0.479 e. The highest BCUT2D eigenvalue weighted by Crippen LogP contribution is 2.32. The van der Waals surface area contributed by atoms with Crippen LogP contribution >= 0.6 is 43.5 Å². The molecule has 0 N–H and O–H groups in total. The summed E-state index contributed by atoms with van der Waals surface area (Å²) in [5, 5.41) is 5.33. The summed E-state index contributed by atoms with van der Waals surface area (Å²) in [7, 11) is 0. The lowest BCUT2D eigenvalue weighted by molar-refractivity contribution is 0.367. The summed E-state index contributed by atoms with van der Waals surface area (Å²) >= 11 is 12.9. The molecule has 8 heteroatoms. The Labute approximate surface area is 183 Å². The maximum atomic E-state index is 13.0. The number of benzene rings is 2. The third-order valence-corrected chi connectivity index (χ3v) is 5.14. The predicted molar refractivity (Wildman–Crippen MR) is 120 cm³/mol. The topological polar surface area (TPSA) is 56.5 Å². The molecule has 0 atom stereocenters. The summed E-state index contributed by atoms with van der Waals surface area (Å²) in [6, 6.07) is 8.76. The molecule has 142 valence electrons. The molecule has 1 heterocycles. The van der Waals surface area contributed by atoms with Crippen LogP contribution in [0.5, 0.6) is 5.75 Å². The number of nitrogens with zero attached hydrogens (tertiary/aromatic N) is 3. The van der Waals surface area contributed by atoms with Crippen molar-refractivity contribution in [2.75, 3.05) is 6.61 Å². The molecular weight excluding hydrogens is 510 g/mol. The highest BCUT2D eigenvalue weighted by atomic mass is 79.9. The molecule has 0 aliphatic carbocycles. The van der Waals surface area contributed by atoms with E-state index < -0.39 is 0 Å². The molecule has 0 saturated carbocycles. The summed E-state index contributed by atoms with van der Waals surface area (Å²) in [6.07, 6.45) is 7.34. The quantitative estimate of drug-likeness (QED) is 0.348. The minimum absolute atomic E-state index is 0.0901. The Balaban J connectivity index is 2.15. The summed E-state index contributed by atoms with van der Waals surface area (Å²) in [4.78, 5) is 17.5. The molecule has 0 radical (unpaired) electrons. The van der Waals surface area contributed by atoms with E-state index in [0.717, 1.165) is 4.47 Å². The zero-order valence-corrected chi connectivity index (χ0v) is 18.7. The van der Waals surface area contributed by atoms with E-state index in [1.165, 1.54) is 10.9 Å². The fraction of sp³-hybridized carbons (Fsp3) is 0.150. The van der Waals surface area contributed by atoms with Crippen LogP contribution in [0.3, 0.4) is 0 Å². The van der Waals surface area contributed by atoms with Crippen molar-refractivity contribution in [3.05, 3.63) is 66.0 Å². The van der Waals surface area contributed by atoms with Gasteiger partial charge in [-0.15, -0.1) is 6.42 Å². The zero-order chi connectivity index (χ0) is 20.3. The molecule has 28 heavy (non-hydrogen) atoms. The summed E-state index contributed by atoms with van der Waals surface area (Å²) in [5.74, 6) is 3.46. The standard InChI is InChI=1S/C20H14Br2ClN3O2/c1-3-7-28-19-12(8-14(23)10-16(19)22)11-24-26-18(4-2)25-17-6-5-13(21)9-15(17)20(26)27/h1,5-6,8-11H,4,7H2,2H3. The molecule has 0 spiro atoms. The SMILES string of the molecule is C#CCOc1c(Br)cc(Cl)cc1C=Nn1c(CC)nc2ccc(Br)cc2c1=O. The lowest BCUT2D eigenvalue weighted by Crippen LogP contribution is -2.22. The molecule has 3 rings (SSSR count). The van der Waals surface area contributed by atoms with E-state index >= 15 is 0 Å². The van der Waals surface area contributed by atoms with Gasteiger partial charge in [-0.25, -0.2) is 4.98 Å². The third kappa shape index (κ3) is 4.30. The molecule has 0 fully saturated rings. The first kappa shape index (κ1) is 20.6. The molecule has 5 nitrogen and oxygen atoms in total. The second kappa shape index (κ2) is 8.91. The smallest absolute Gasteiger partial charge is 0.282 e. The van der Waals surface area contributed by atoms with Crippen LogP contribution in [0.1, 0.15) is 18.3 Å². The molecule has 2 aromatic carbocycles. The Morgan fingerprint density at radius 3 is 2.86 bits per heavy atom. The number of aryl methyl sites for hydroxylation is 1. The molecule has 0 aliphatic rings. The van der Waals surface area contributed by atoms with Crippen LogP contribution in [0.4, 0.5) is 0 Å². The van der Waals surface area contributed by atoms with Crippen LogP contribution in [-0.2, 0) is 6.42 Å². The first-order chi connectivity index (χ1) is 13.4. The van der Waals surface area contributed by atoms with Gasteiger partial charge in [0.1, 0.15) is 18.2 Å². The second-order valence-electron chi connectivity index (χ2n) is 5.70. The van der Waals surface area contributed by atoms with Crippen LogP contribution in [0.2, 0.25) is 5.02 Å². The molecule has 3 aromatic rings. The third-order valence-electron chi connectivity index (χ3n) is 3.84. The molecule has 0 aliphatic heterocycles.